The van der Waals surface area contributed by atoms with Gasteiger partial charge in [0, 0.05) is 44.0 Å². The largest absolute Gasteiger partial charge is 0.372 e. The summed E-state index contributed by atoms with van der Waals surface area (Å²) in [6.45, 7) is 10.8. The van der Waals surface area contributed by atoms with E-state index in [2.05, 4.69) is 41.1 Å². The molecule has 0 aliphatic carbocycles. The van der Waals surface area contributed by atoms with E-state index < -0.39 is 9.84 Å². The normalized spacial score (nSPS) is 17.5. The predicted octanol–water partition coefficient (Wildman–Crippen LogP) is 3.09. The molecule has 0 radical (unpaired) electrons. The van der Waals surface area contributed by atoms with Gasteiger partial charge in [-0.3, -0.25) is 4.79 Å². The van der Waals surface area contributed by atoms with Crippen molar-refractivity contribution in [2.24, 2.45) is 13.0 Å². The number of rotatable bonds is 10. The fourth-order valence-electron chi connectivity index (χ4n) is 4.18. The van der Waals surface area contributed by atoms with Gasteiger partial charge in [0.15, 0.2) is 20.8 Å². The highest BCUT2D eigenvalue weighted by Crippen LogP contribution is 2.26. The Kier molecular flexibility index (Phi) is 8.44. The molecule has 0 N–H and O–H groups in total. The number of aromatic nitrogens is 3. The van der Waals surface area contributed by atoms with E-state index >= 15 is 0 Å². The highest BCUT2D eigenvalue weighted by Gasteiger charge is 2.34. The average molecular weight is 494 g/mol. The molecule has 182 valence electrons. The van der Waals surface area contributed by atoms with Crippen LogP contribution < -0.4 is 4.90 Å². The third-order valence-electron chi connectivity index (χ3n) is 5.95. The van der Waals surface area contributed by atoms with Crippen molar-refractivity contribution in [1.82, 2.24) is 19.7 Å². The van der Waals surface area contributed by atoms with Gasteiger partial charge in [-0.05, 0) is 50.5 Å². The smallest absolute Gasteiger partial charge is 0.233 e. The van der Waals surface area contributed by atoms with Crippen molar-refractivity contribution in [3.63, 3.8) is 0 Å². The number of carbonyl (C=O) groups excluding carboxylic acids is 1. The fraction of sp³-hybridized carbons (Fsp3) is 0.609. The van der Waals surface area contributed by atoms with Crippen LogP contribution in [0.4, 0.5) is 5.69 Å². The van der Waals surface area contributed by atoms with Gasteiger partial charge in [-0.25, -0.2) is 8.42 Å². The molecule has 0 saturated carbocycles. The Hall–Kier alpha value is -2.07. The van der Waals surface area contributed by atoms with Gasteiger partial charge in [-0.2, -0.15) is 0 Å². The van der Waals surface area contributed by atoms with Crippen LogP contribution in [0.5, 0.6) is 0 Å². The molecule has 1 amide bonds. The van der Waals surface area contributed by atoms with Crippen molar-refractivity contribution in [3.8, 4) is 11.4 Å². The van der Waals surface area contributed by atoms with Crippen molar-refractivity contribution in [2.45, 2.75) is 45.3 Å². The molecule has 2 aromatic rings. The molecule has 1 aliphatic rings. The summed E-state index contributed by atoms with van der Waals surface area (Å²) in [5.41, 5.74) is 2.14. The van der Waals surface area contributed by atoms with Crippen LogP contribution in [0.2, 0.25) is 0 Å². The zero-order valence-electron chi connectivity index (χ0n) is 20.2. The minimum Gasteiger partial charge on any atom is -0.372 e. The summed E-state index contributed by atoms with van der Waals surface area (Å²) in [5, 5.41) is 9.30. The molecule has 0 bridgehead atoms. The van der Waals surface area contributed by atoms with Crippen LogP contribution in [0.15, 0.2) is 29.4 Å². The molecular weight excluding hydrogens is 458 g/mol. The fourth-order valence-corrected chi connectivity index (χ4v) is 6.71. The van der Waals surface area contributed by atoms with Gasteiger partial charge in [0.05, 0.1) is 17.3 Å². The van der Waals surface area contributed by atoms with Crippen molar-refractivity contribution >= 4 is 33.2 Å². The number of anilines is 1. The SMILES string of the molecule is CCN(CC)c1ccc(-c2nnc(SCC(=O)N(CC(C)C)C3CCS(=O)(=O)C3)n2C)cc1. The predicted molar refractivity (Wildman–Crippen MR) is 134 cm³/mol. The molecule has 3 rings (SSSR count). The standard InChI is InChI=1S/C23H35N5O3S2/c1-6-27(7-2)19-10-8-18(9-11-19)22-24-25-23(26(22)5)32-15-21(29)28(14-17(3)4)20-12-13-33(30,31)16-20/h8-11,17,20H,6-7,12-16H2,1-5H3. The van der Waals surface area contributed by atoms with E-state index in [9.17, 15) is 13.2 Å². The highest BCUT2D eigenvalue weighted by atomic mass is 32.2. The van der Waals surface area contributed by atoms with E-state index in [0.717, 1.165) is 24.5 Å². The number of sulfone groups is 1. The molecule has 2 heterocycles. The van der Waals surface area contributed by atoms with E-state index in [0.29, 0.717) is 18.1 Å². The molecule has 8 nitrogen and oxygen atoms in total. The second-order valence-corrected chi connectivity index (χ2v) is 12.0. The Morgan fingerprint density at radius 3 is 2.39 bits per heavy atom. The van der Waals surface area contributed by atoms with Crippen molar-refractivity contribution in [3.05, 3.63) is 24.3 Å². The topological polar surface area (TPSA) is 88.4 Å². The Labute approximate surface area is 201 Å². The van der Waals surface area contributed by atoms with Crippen LogP contribution >= 0.6 is 11.8 Å². The van der Waals surface area contributed by atoms with E-state index in [-0.39, 0.29) is 35.1 Å². The van der Waals surface area contributed by atoms with Gasteiger partial charge >= 0.3 is 0 Å². The quantitative estimate of drug-likeness (QED) is 0.470. The number of hydrogen-bond donors (Lipinski definition) is 0. The van der Waals surface area contributed by atoms with Crippen LogP contribution in [0.3, 0.4) is 0 Å². The minimum atomic E-state index is -3.05. The molecule has 0 spiro atoms. The number of benzene rings is 1. The number of carbonyl (C=O) groups is 1. The molecule has 1 aliphatic heterocycles. The van der Waals surface area contributed by atoms with Crippen molar-refractivity contribution < 1.29 is 13.2 Å². The summed E-state index contributed by atoms with van der Waals surface area (Å²) in [4.78, 5) is 17.1. The lowest BCUT2D eigenvalue weighted by Crippen LogP contribution is -2.44. The summed E-state index contributed by atoms with van der Waals surface area (Å²) in [6.07, 6.45) is 0.517. The van der Waals surface area contributed by atoms with Gasteiger partial charge in [-0.1, -0.05) is 25.6 Å². The van der Waals surface area contributed by atoms with Gasteiger partial charge in [0.25, 0.3) is 0 Å². The number of hydrogen-bond acceptors (Lipinski definition) is 7. The van der Waals surface area contributed by atoms with Crippen molar-refractivity contribution in [2.75, 3.05) is 41.8 Å². The van der Waals surface area contributed by atoms with Crippen LogP contribution in [-0.2, 0) is 21.7 Å². The van der Waals surface area contributed by atoms with Crippen molar-refractivity contribution in [1.29, 1.82) is 0 Å². The van der Waals surface area contributed by atoms with Crippen LogP contribution in [-0.4, -0.2) is 76.9 Å². The Morgan fingerprint density at radius 2 is 1.85 bits per heavy atom. The first kappa shape index (κ1) is 25.6. The molecule has 1 aromatic carbocycles. The second kappa shape index (κ2) is 10.9. The summed E-state index contributed by atoms with van der Waals surface area (Å²) in [7, 11) is -1.15. The number of amides is 1. The molecule has 1 fully saturated rings. The Morgan fingerprint density at radius 1 is 1.18 bits per heavy atom. The maximum atomic E-state index is 13.0. The summed E-state index contributed by atoms with van der Waals surface area (Å²) >= 11 is 1.34. The Bertz CT molecular complexity index is 1050. The second-order valence-electron chi connectivity index (χ2n) is 8.87. The number of nitrogens with zero attached hydrogens (tertiary/aromatic N) is 5. The number of thioether (sulfide) groups is 1. The lowest BCUT2D eigenvalue weighted by Gasteiger charge is -2.29. The van der Waals surface area contributed by atoms with Gasteiger partial charge in [0.2, 0.25) is 5.91 Å². The lowest BCUT2D eigenvalue weighted by molar-refractivity contribution is -0.130. The maximum absolute atomic E-state index is 13.0. The van der Waals surface area contributed by atoms with Crippen LogP contribution in [0, 0.1) is 5.92 Å². The first-order valence-corrected chi connectivity index (χ1v) is 14.3. The van der Waals surface area contributed by atoms with Gasteiger partial charge in [0.1, 0.15) is 0 Å². The Balaban J connectivity index is 1.68. The third-order valence-corrected chi connectivity index (χ3v) is 8.70. The van der Waals surface area contributed by atoms with Gasteiger partial charge in [-0.15, -0.1) is 10.2 Å². The zero-order valence-corrected chi connectivity index (χ0v) is 21.8. The molecule has 33 heavy (non-hydrogen) atoms. The molecule has 10 heteroatoms. The molecular formula is C23H35N5O3S2. The van der Waals surface area contributed by atoms with Gasteiger partial charge < -0.3 is 14.4 Å². The van der Waals surface area contributed by atoms with E-state index in [4.69, 9.17) is 0 Å². The lowest BCUT2D eigenvalue weighted by atomic mass is 10.1. The maximum Gasteiger partial charge on any atom is 0.233 e. The first-order valence-electron chi connectivity index (χ1n) is 11.5. The summed E-state index contributed by atoms with van der Waals surface area (Å²) in [6, 6.07) is 8.04. The average Bonchev–Trinajstić information content (AvgIpc) is 3.33. The van der Waals surface area contributed by atoms with E-state index in [1.807, 2.05) is 37.6 Å². The molecule has 1 aromatic heterocycles. The molecule has 1 saturated heterocycles. The van der Waals surface area contributed by atoms with Crippen LogP contribution in [0.25, 0.3) is 11.4 Å². The zero-order chi connectivity index (χ0) is 24.2. The molecule has 1 unspecified atom stereocenters. The third kappa shape index (κ3) is 6.29. The van der Waals surface area contributed by atoms with E-state index in [1.54, 1.807) is 4.90 Å². The van der Waals surface area contributed by atoms with Crippen LogP contribution in [0.1, 0.15) is 34.1 Å². The molecule has 1 atom stereocenters. The minimum absolute atomic E-state index is 0.0519. The summed E-state index contributed by atoms with van der Waals surface area (Å²) in [5.74, 6) is 1.39. The highest BCUT2D eigenvalue weighted by molar-refractivity contribution is 7.99. The summed E-state index contributed by atoms with van der Waals surface area (Å²) < 4.78 is 25.8. The van der Waals surface area contributed by atoms with E-state index in [1.165, 1.54) is 17.4 Å². The first-order chi connectivity index (χ1) is 15.6. The monoisotopic (exact) mass is 493 g/mol.